The van der Waals surface area contributed by atoms with Crippen LogP contribution in [-0.4, -0.2) is 17.5 Å². The van der Waals surface area contributed by atoms with Crippen molar-refractivity contribution in [2.75, 3.05) is 6.61 Å². The van der Waals surface area contributed by atoms with Gasteiger partial charge in [0.05, 0.1) is 0 Å². The molecule has 168 valence electrons. The van der Waals surface area contributed by atoms with Crippen LogP contribution in [0.1, 0.15) is 48.9 Å². The number of halogens is 3. The number of Topliss-reactive ketones (excluding diaryl/α,β-unsaturated/α-hetero) is 1. The Bertz CT molecular complexity index is 1090. The Labute approximate surface area is 197 Å². The fourth-order valence-electron chi connectivity index (χ4n) is 3.78. The first-order valence-electron chi connectivity index (χ1n) is 10.3. The summed E-state index contributed by atoms with van der Waals surface area (Å²) in [6.07, 6.45) is 0.451. The highest BCUT2D eigenvalue weighted by Gasteiger charge is 2.22. The Morgan fingerprint density at radius 2 is 1.66 bits per heavy atom. The molecule has 0 aromatic heterocycles. The summed E-state index contributed by atoms with van der Waals surface area (Å²) in [5.41, 5.74) is 3.34. The Morgan fingerprint density at radius 3 is 2.22 bits per heavy atom. The third-order valence-corrected chi connectivity index (χ3v) is 5.93. The van der Waals surface area contributed by atoms with E-state index in [1.165, 1.54) is 19.1 Å². The number of ketones is 1. The maximum Gasteiger partial charge on any atom is 0.167 e. The lowest BCUT2D eigenvalue weighted by Crippen LogP contribution is -2.10. The van der Waals surface area contributed by atoms with E-state index < -0.39 is 0 Å². The average Bonchev–Trinajstić information content (AvgIpc) is 2.72. The molecule has 0 aliphatic heterocycles. The molecule has 0 amide bonds. The topological polar surface area (TPSA) is 46.5 Å². The minimum Gasteiger partial charge on any atom is -0.508 e. The Kier molecular flexibility index (Phi) is 7.81. The number of phenolic OH excluding ortho intramolecular Hbond substituents is 1. The summed E-state index contributed by atoms with van der Waals surface area (Å²) in [5, 5.41) is 11.5. The molecule has 0 spiro atoms. The molecule has 32 heavy (non-hydrogen) atoms. The number of hydrogen-bond donors (Lipinski definition) is 1. The molecule has 0 radical (unpaired) electrons. The largest absolute Gasteiger partial charge is 0.508 e. The quantitative estimate of drug-likeness (QED) is 0.375. The lowest BCUT2D eigenvalue weighted by atomic mass is 9.81. The number of ether oxygens (including phenoxy) is 1. The second-order valence-corrected chi connectivity index (χ2v) is 9.01. The Hall–Kier alpha value is -2.56. The molecule has 0 fully saturated rings. The maximum atomic E-state index is 13.4. The van der Waals surface area contributed by atoms with Crippen molar-refractivity contribution < 1.29 is 19.0 Å². The normalized spacial score (nSPS) is 12.1. The van der Waals surface area contributed by atoms with E-state index in [4.69, 9.17) is 27.9 Å². The van der Waals surface area contributed by atoms with Crippen molar-refractivity contribution in [2.24, 2.45) is 5.92 Å². The van der Waals surface area contributed by atoms with Crippen LogP contribution in [0.15, 0.2) is 54.6 Å². The zero-order valence-corrected chi connectivity index (χ0v) is 19.7. The van der Waals surface area contributed by atoms with Gasteiger partial charge in [0.2, 0.25) is 0 Å². The monoisotopic (exact) mass is 474 g/mol. The van der Waals surface area contributed by atoms with Crippen molar-refractivity contribution in [2.45, 2.75) is 33.1 Å². The van der Waals surface area contributed by atoms with Crippen LogP contribution in [0.25, 0.3) is 0 Å². The fourth-order valence-corrected chi connectivity index (χ4v) is 4.38. The number of benzene rings is 3. The van der Waals surface area contributed by atoms with Crippen molar-refractivity contribution >= 4 is 29.0 Å². The van der Waals surface area contributed by atoms with Gasteiger partial charge < -0.3 is 9.84 Å². The van der Waals surface area contributed by atoms with Gasteiger partial charge in [-0.1, -0.05) is 61.3 Å². The number of aromatic hydroxyl groups is 1. The molecule has 3 aromatic rings. The van der Waals surface area contributed by atoms with Crippen LogP contribution in [0.4, 0.5) is 4.39 Å². The summed E-state index contributed by atoms with van der Waals surface area (Å²) < 4.78 is 18.8. The van der Waals surface area contributed by atoms with Crippen molar-refractivity contribution in [3.05, 3.63) is 92.7 Å². The van der Waals surface area contributed by atoms with Gasteiger partial charge in [0.25, 0.3) is 0 Å². The van der Waals surface area contributed by atoms with Crippen LogP contribution >= 0.6 is 23.2 Å². The highest BCUT2D eigenvalue weighted by atomic mass is 35.5. The highest BCUT2D eigenvalue weighted by Crippen LogP contribution is 2.39. The number of hydrogen-bond acceptors (Lipinski definition) is 3. The lowest BCUT2D eigenvalue weighted by molar-refractivity contribution is -0.118. The summed E-state index contributed by atoms with van der Waals surface area (Å²) in [4.78, 5) is 11.1. The molecule has 3 aromatic carbocycles. The predicted octanol–water partition coefficient (Wildman–Crippen LogP) is 7.18. The molecule has 0 aliphatic rings. The van der Waals surface area contributed by atoms with E-state index in [0.717, 1.165) is 22.3 Å². The molecule has 0 aliphatic carbocycles. The van der Waals surface area contributed by atoms with E-state index >= 15 is 0 Å². The van der Waals surface area contributed by atoms with Crippen molar-refractivity contribution in [1.29, 1.82) is 0 Å². The van der Waals surface area contributed by atoms with Crippen molar-refractivity contribution in [3.8, 4) is 11.5 Å². The Balaban J connectivity index is 1.93. The molecule has 0 saturated heterocycles. The first-order valence-corrected chi connectivity index (χ1v) is 11.1. The highest BCUT2D eigenvalue weighted by molar-refractivity contribution is 6.36. The van der Waals surface area contributed by atoms with Gasteiger partial charge in [-0.2, -0.15) is 0 Å². The van der Waals surface area contributed by atoms with Crippen molar-refractivity contribution in [3.63, 3.8) is 0 Å². The Morgan fingerprint density at radius 1 is 1.03 bits per heavy atom. The van der Waals surface area contributed by atoms with Gasteiger partial charge in [0.15, 0.2) is 5.78 Å². The van der Waals surface area contributed by atoms with E-state index in [1.54, 1.807) is 30.3 Å². The third kappa shape index (κ3) is 5.81. The molecule has 6 heteroatoms. The molecule has 1 atom stereocenters. The van der Waals surface area contributed by atoms with Crippen LogP contribution in [0.5, 0.6) is 11.5 Å². The molecule has 0 saturated carbocycles. The van der Waals surface area contributed by atoms with Crippen LogP contribution in [0.2, 0.25) is 10.0 Å². The van der Waals surface area contributed by atoms with Gasteiger partial charge in [0, 0.05) is 27.9 Å². The molecule has 3 rings (SSSR count). The molecule has 1 N–H and O–H groups in total. The number of carbonyl (C=O) groups is 1. The average molecular weight is 475 g/mol. The van der Waals surface area contributed by atoms with Gasteiger partial charge in [-0.05, 0) is 59.9 Å². The van der Waals surface area contributed by atoms with Crippen molar-refractivity contribution in [1.82, 2.24) is 0 Å². The van der Waals surface area contributed by atoms with E-state index in [2.05, 4.69) is 13.8 Å². The molecule has 0 bridgehead atoms. The SMILES string of the molecule is CC(=O)COc1cc(Cl)c(Cc2ccc(O)c(C(c3ccc(F)cc3)C(C)C)c2)c(Cl)c1. The van der Waals surface area contributed by atoms with Crippen LogP contribution < -0.4 is 4.74 Å². The first-order chi connectivity index (χ1) is 15.2. The van der Waals surface area contributed by atoms with Gasteiger partial charge in [-0.25, -0.2) is 4.39 Å². The minimum absolute atomic E-state index is 0.0483. The zero-order chi connectivity index (χ0) is 23.4. The second kappa shape index (κ2) is 10.4. The van der Waals surface area contributed by atoms with E-state index in [1.807, 2.05) is 12.1 Å². The third-order valence-electron chi connectivity index (χ3n) is 5.26. The predicted molar refractivity (Wildman–Crippen MR) is 127 cm³/mol. The first kappa shape index (κ1) is 24.1. The van der Waals surface area contributed by atoms with Gasteiger partial charge >= 0.3 is 0 Å². The van der Waals surface area contributed by atoms with E-state index in [9.17, 15) is 14.3 Å². The maximum absolute atomic E-state index is 13.4. The van der Waals surface area contributed by atoms with E-state index in [-0.39, 0.29) is 35.8 Å². The van der Waals surface area contributed by atoms with Gasteiger partial charge in [-0.15, -0.1) is 0 Å². The minimum atomic E-state index is -0.297. The van der Waals surface area contributed by atoms with Crippen LogP contribution in [0.3, 0.4) is 0 Å². The zero-order valence-electron chi connectivity index (χ0n) is 18.2. The smallest absolute Gasteiger partial charge is 0.167 e. The molecular formula is C26H25Cl2FO3. The van der Waals surface area contributed by atoms with Gasteiger partial charge in [0.1, 0.15) is 23.9 Å². The standard InChI is InChI=1S/C26H25Cl2FO3/c1-15(2)26(18-5-7-19(29)8-6-18)22-11-17(4-9-25(22)31)10-21-23(27)12-20(13-24(21)28)32-14-16(3)30/h4-9,11-13,15,26,31H,10,14H2,1-3H3. The summed E-state index contributed by atoms with van der Waals surface area (Å²) in [7, 11) is 0. The molecule has 3 nitrogen and oxygen atoms in total. The van der Waals surface area contributed by atoms with E-state index in [0.29, 0.717) is 22.2 Å². The van der Waals surface area contributed by atoms with Crippen LogP contribution in [0, 0.1) is 11.7 Å². The summed E-state index contributed by atoms with van der Waals surface area (Å²) in [6.45, 7) is 5.52. The second-order valence-electron chi connectivity index (χ2n) is 8.20. The molecule has 1 unspecified atom stereocenters. The number of rotatable bonds is 8. The molecular weight excluding hydrogens is 450 g/mol. The summed E-state index contributed by atoms with van der Waals surface area (Å²) >= 11 is 12.9. The summed E-state index contributed by atoms with van der Waals surface area (Å²) in [6, 6.07) is 15.1. The molecule has 0 heterocycles. The van der Waals surface area contributed by atoms with Crippen LogP contribution in [-0.2, 0) is 11.2 Å². The van der Waals surface area contributed by atoms with Gasteiger partial charge in [-0.3, -0.25) is 4.79 Å². The lowest BCUT2D eigenvalue weighted by Gasteiger charge is -2.24. The number of phenols is 1. The number of carbonyl (C=O) groups excluding carboxylic acids is 1. The fraction of sp³-hybridized carbons (Fsp3) is 0.269. The summed E-state index contributed by atoms with van der Waals surface area (Å²) in [5.74, 6) is 0.284.